The largest absolute Gasteiger partial charge is 0.384 e. The van der Waals surface area contributed by atoms with E-state index in [1.165, 1.54) is 18.4 Å². The van der Waals surface area contributed by atoms with E-state index in [9.17, 15) is 12.8 Å². The molecule has 1 aliphatic carbocycles. The molecule has 1 N–H and O–H groups in total. The van der Waals surface area contributed by atoms with Gasteiger partial charge in [0.25, 0.3) is 0 Å². The van der Waals surface area contributed by atoms with Gasteiger partial charge in [-0.05, 0) is 37.0 Å². The third-order valence-electron chi connectivity index (χ3n) is 4.08. The highest BCUT2D eigenvalue weighted by Crippen LogP contribution is 2.33. The standard InChI is InChI=1S/C15H17FN2O2S/c1-21(19,20)12-6-10(7-12)9-18-14-4-5-17-15-8-11(16)2-3-13(14)15/h2-5,8,10,12H,6-7,9H2,1H3,(H,17,18). The number of nitrogens with zero attached hydrogens (tertiary/aromatic N) is 1. The number of hydrogen-bond donors (Lipinski definition) is 1. The number of aromatic nitrogens is 1. The van der Waals surface area contributed by atoms with Crippen LogP contribution in [0.3, 0.4) is 0 Å². The van der Waals surface area contributed by atoms with Crippen molar-refractivity contribution in [3.05, 3.63) is 36.3 Å². The van der Waals surface area contributed by atoms with Crippen molar-refractivity contribution in [3.63, 3.8) is 0 Å². The molecule has 1 fully saturated rings. The SMILES string of the molecule is CS(=O)(=O)C1CC(CNc2ccnc3cc(F)ccc23)C1. The lowest BCUT2D eigenvalue weighted by molar-refractivity contribution is 0.333. The molecule has 0 radical (unpaired) electrons. The van der Waals surface area contributed by atoms with Crippen molar-refractivity contribution in [1.82, 2.24) is 4.98 Å². The molecule has 1 aliphatic rings. The van der Waals surface area contributed by atoms with Crippen LogP contribution in [0.5, 0.6) is 0 Å². The number of pyridine rings is 1. The topological polar surface area (TPSA) is 59.1 Å². The number of hydrogen-bond acceptors (Lipinski definition) is 4. The molecule has 4 nitrogen and oxygen atoms in total. The van der Waals surface area contributed by atoms with Gasteiger partial charge in [-0.1, -0.05) is 0 Å². The van der Waals surface area contributed by atoms with Gasteiger partial charge in [0.05, 0.1) is 10.8 Å². The van der Waals surface area contributed by atoms with Crippen LogP contribution in [-0.2, 0) is 9.84 Å². The zero-order chi connectivity index (χ0) is 15.0. The summed E-state index contributed by atoms with van der Waals surface area (Å²) in [5.41, 5.74) is 1.52. The molecule has 0 spiro atoms. The van der Waals surface area contributed by atoms with E-state index in [1.807, 2.05) is 6.07 Å². The van der Waals surface area contributed by atoms with Gasteiger partial charge >= 0.3 is 0 Å². The van der Waals surface area contributed by atoms with Gasteiger partial charge in [-0.2, -0.15) is 0 Å². The van der Waals surface area contributed by atoms with E-state index < -0.39 is 9.84 Å². The minimum Gasteiger partial charge on any atom is -0.384 e. The van der Waals surface area contributed by atoms with Crippen LogP contribution in [0.2, 0.25) is 0 Å². The summed E-state index contributed by atoms with van der Waals surface area (Å²) >= 11 is 0. The minimum absolute atomic E-state index is 0.187. The molecule has 6 heteroatoms. The Labute approximate surface area is 123 Å². The number of halogens is 1. The number of nitrogens with one attached hydrogen (secondary N) is 1. The Hall–Kier alpha value is -1.69. The van der Waals surface area contributed by atoms with Crippen LogP contribution in [0.4, 0.5) is 10.1 Å². The molecule has 0 saturated heterocycles. The van der Waals surface area contributed by atoms with Gasteiger partial charge in [0.1, 0.15) is 15.7 Å². The summed E-state index contributed by atoms with van der Waals surface area (Å²) in [6, 6.07) is 6.38. The first-order chi connectivity index (χ1) is 9.93. The van der Waals surface area contributed by atoms with Crippen LogP contribution in [0, 0.1) is 11.7 Å². The number of benzene rings is 1. The molecule has 3 rings (SSSR count). The molecule has 1 heterocycles. The average molecular weight is 308 g/mol. The maximum absolute atomic E-state index is 13.2. The van der Waals surface area contributed by atoms with Crippen molar-refractivity contribution in [3.8, 4) is 0 Å². The van der Waals surface area contributed by atoms with Crippen LogP contribution in [0.25, 0.3) is 10.9 Å². The first-order valence-corrected chi connectivity index (χ1v) is 8.86. The minimum atomic E-state index is -2.90. The fourth-order valence-corrected chi connectivity index (χ4v) is 3.96. The summed E-state index contributed by atoms with van der Waals surface area (Å²) in [6.45, 7) is 0.725. The van der Waals surface area contributed by atoms with Crippen LogP contribution < -0.4 is 5.32 Å². The van der Waals surface area contributed by atoms with Gasteiger partial charge in [-0.25, -0.2) is 12.8 Å². The van der Waals surface area contributed by atoms with E-state index in [0.717, 1.165) is 17.6 Å². The van der Waals surface area contributed by atoms with Crippen LogP contribution in [0.1, 0.15) is 12.8 Å². The maximum atomic E-state index is 13.2. The van der Waals surface area contributed by atoms with E-state index in [4.69, 9.17) is 0 Å². The molecule has 1 saturated carbocycles. The van der Waals surface area contributed by atoms with E-state index in [0.29, 0.717) is 24.3 Å². The molecule has 0 aliphatic heterocycles. The van der Waals surface area contributed by atoms with Gasteiger partial charge in [-0.3, -0.25) is 4.98 Å². The maximum Gasteiger partial charge on any atom is 0.150 e. The van der Waals surface area contributed by atoms with E-state index in [1.54, 1.807) is 12.3 Å². The second-order valence-corrected chi connectivity index (χ2v) is 8.02. The van der Waals surface area contributed by atoms with E-state index in [2.05, 4.69) is 10.3 Å². The monoisotopic (exact) mass is 308 g/mol. The molecule has 0 atom stereocenters. The lowest BCUT2D eigenvalue weighted by Gasteiger charge is -2.34. The summed E-state index contributed by atoms with van der Waals surface area (Å²) in [6.07, 6.45) is 4.36. The van der Waals surface area contributed by atoms with E-state index >= 15 is 0 Å². The number of rotatable bonds is 4. The Morgan fingerprint density at radius 2 is 2.10 bits per heavy atom. The van der Waals surface area contributed by atoms with Crippen molar-refractivity contribution in [2.75, 3.05) is 18.1 Å². The zero-order valence-corrected chi connectivity index (χ0v) is 12.5. The second-order valence-electron chi connectivity index (χ2n) is 5.69. The third-order valence-corrected chi connectivity index (χ3v) is 5.68. The Balaban J connectivity index is 1.67. The lowest BCUT2D eigenvalue weighted by atomic mass is 9.84. The van der Waals surface area contributed by atoms with Gasteiger partial charge < -0.3 is 5.32 Å². The van der Waals surface area contributed by atoms with Crippen molar-refractivity contribution >= 4 is 26.4 Å². The Bertz CT molecular complexity index is 770. The van der Waals surface area contributed by atoms with Crippen molar-refractivity contribution < 1.29 is 12.8 Å². The number of fused-ring (bicyclic) bond motifs is 1. The highest BCUT2D eigenvalue weighted by molar-refractivity contribution is 7.91. The summed E-state index contributed by atoms with van der Waals surface area (Å²) < 4.78 is 35.9. The molecule has 21 heavy (non-hydrogen) atoms. The predicted octanol–water partition coefficient (Wildman–Crippen LogP) is 2.61. The quantitative estimate of drug-likeness (QED) is 0.943. The molecule has 0 unspecified atom stereocenters. The second kappa shape index (κ2) is 5.26. The fourth-order valence-electron chi connectivity index (χ4n) is 2.72. The van der Waals surface area contributed by atoms with Gasteiger partial charge in [0.2, 0.25) is 0 Å². The first-order valence-electron chi connectivity index (χ1n) is 6.90. The molecule has 112 valence electrons. The van der Waals surface area contributed by atoms with E-state index in [-0.39, 0.29) is 11.1 Å². The molecule has 1 aromatic carbocycles. The van der Waals surface area contributed by atoms with Crippen LogP contribution >= 0.6 is 0 Å². The number of sulfone groups is 1. The van der Waals surface area contributed by atoms with Gasteiger partial charge in [-0.15, -0.1) is 0 Å². The first kappa shape index (κ1) is 14.3. The summed E-state index contributed by atoms with van der Waals surface area (Å²) in [5, 5.41) is 4.01. The van der Waals surface area contributed by atoms with Crippen molar-refractivity contribution in [2.45, 2.75) is 18.1 Å². The fraction of sp³-hybridized carbons (Fsp3) is 0.400. The smallest absolute Gasteiger partial charge is 0.150 e. The van der Waals surface area contributed by atoms with Crippen LogP contribution in [0.15, 0.2) is 30.5 Å². The molecular formula is C15H17FN2O2S. The summed E-state index contributed by atoms with van der Waals surface area (Å²) in [7, 11) is -2.90. The molecular weight excluding hydrogens is 291 g/mol. The normalized spacial score (nSPS) is 22.0. The summed E-state index contributed by atoms with van der Waals surface area (Å²) in [5.74, 6) is 0.0653. The average Bonchev–Trinajstić information content (AvgIpc) is 2.34. The van der Waals surface area contributed by atoms with Gasteiger partial charge in [0, 0.05) is 36.1 Å². The Morgan fingerprint density at radius 3 is 2.81 bits per heavy atom. The molecule has 0 bridgehead atoms. The summed E-state index contributed by atoms with van der Waals surface area (Å²) in [4.78, 5) is 4.15. The highest BCUT2D eigenvalue weighted by Gasteiger charge is 2.35. The van der Waals surface area contributed by atoms with Crippen molar-refractivity contribution in [1.29, 1.82) is 0 Å². The zero-order valence-electron chi connectivity index (χ0n) is 11.7. The Morgan fingerprint density at radius 1 is 1.33 bits per heavy atom. The van der Waals surface area contributed by atoms with Crippen LogP contribution in [-0.4, -0.2) is 31.5 Å². The molecule has 1 aromatic heterocycles. The lowest BCUT2D eigenvalue weighted by Crippen LogP contribution is -2.38. The molecule has 2 aromatic rings. The Kier molecular flexibility index (Phi) is 3.57. The predicted molar refractivity (Wildman–Crippen MR) is 81.5 cm³/mol. The molecule has 0 amide bonds. The van der Waals surface area contributed by atoms with Gasteiger partial charge in [0.15, 0.2) is 0 Å². The third kappa shape index (κ3) is 3.00. The highest BCUT2D eigenvalue weighted by atomic mass is 32.2. The van der Waals surface area contributed by atoms with Crippen molar-refractivity contribution in [2.24, 2.45) is 5.92 Å². The number of anilines is 1.